The molecule has 0 bridgehead atoms. The minimum Gasteiger partial charge on any atom is -0.336 e. The number of rotatable bonds is 5. The molecule has 2 aromatic rings. The molecule has 0 N–H and O–H groups in total. The lowest BCUT2D eigenvalue weighted by Gasteiger charge is -2.34. The van der Waals surface area contributed by atoms with Crippen LogP contribution in [-0.4, -0.2) is 57.0 Å². The van der Waals surface area contributed by atoms with E-state index in [4.69, 9.17) is 0 Å². The van der Waals surface area contributed by atoms with Crippen molar-refractivity contribution in [1.82, 2.24) is 18.3 Å². The third-order valence-electron chi connectivity index (χ3n) is 4.79. The van der Waals surface area contributed by atoms with Crippen LogP contribution in [0.5, 0.6) is 0 Å². The quantitative estimate of drug-likeness (QED) is 0.778. The Kier molecular flexibility index (Phi) is 5.73. The van der Waals surface area contributed by atoms with Crippen molar-refractivity contribution in [3.05, 3.63) is 55.5 Å². The minimum atomic E-state index is -0.281. The zero-order valence-corrected chi connectivity index (χ0v) is 16.0. The number of carbonyl (C=O) groups excluding carboxylic acids is 1. The van der Waals surface area contributed by atoms with E-state index < -0.39 is 0 Å². The molecular formula is C18H24N4O3S. The molecule has 0 atom stereocenters. The van der Waals surface area contributed by atoms with Gasteiger partial charge in [-0.25, -0.2) is 13.3 Å². The third kappa shape index (κ3) is 3.81. The second-order valence-electron chi connectivity index (χ2n) is 6.34. The lowest BCUT2D eigenvalue weighted by Crippen LogP contribution is -2.48. The lowest BCUT2D eigenvalue weighted by atomic mass is 10.1. The highest BCUT2D eigenvalue weighted by Gasteiger charge is 2.21. The molecule has 1 amide bonds. The minimum absolute atomic E-state index is 0.0355. The van der Waals surface area contributed by atoms with Crippen LogP contribution in [0.2, 0.25) is 0 Å². The van der Waals surface area contributed by atoms with Crippen molar-refractivity contribution in [2.75, 3.05) is 32.7 Å². The van der Waals surface area contributed by atoms with E-state index in [9.17, 15) is 14.4 Å². The highest BCUT2D eigenvalue weighted by atomic mass is 32.1. The monoisotopic (exact) mass is 376 g/mol. The van der Waals surface area contributed by atoms with Gasteiger partial charge in [-0.3, -0.25) is 9.59 Å². The number of hydrogen-bond donors (Lipinski definition) is 0. The van der Waals surface area contributed by atoms with E-state index in [1.54, 1.807) is 12.1 Å². The summed E-state index contributed by atoms with van der Waals surface area (Å²) in [5.41, 5.74) is 1.19. The molecule has 1 aromatic heterocycles. The number of hydrogen-bond acceptors (Lipinski definition) is 5. The number of carbonyl (C=O) groups is 1. The summed E-state index contributed by atoms with van der Waals surface area (Å²) in [5, 5.41) is 0. The molecule has 140 valence electrons. The molecule has 1 fully saturated rings. The van der Waals surface area contributed by atoms with Gasteiger partial charge >= 0.3 is 10.6 Å². The van der Waals surface area contributed by atoms with Crippen LogP contribution < -0.4 is 10.6 Å². The fourth-order valence-electron chi connectivity index (χ4n) is 3.11. The normalized spacial score (nSPS) is 15.4. The summed E-state index contributed by atoms with van der Waals surface area (Å²) < 4.78 is 2.67. The Balaban J connectivity index is 1.69. The van der Waals surface area contributed by atoms with Gasteiger partial charge in [-0.05, 0) is 31.2 Å². The van der Waals surface area contributed by atoms with Crippen molar-refractivity contribution in [2.24, 2.45) is 0 Å². The molecule has 0 unspecified atom stereocenters. The summed E-state index contributed by atoms with van der Waals surface area (Å²) in [5.74, 6) is 0.0355. The number of piperazine rings is 1. The van der Waals surface area contributed by atoms with Crippen molar-refractivity contribution in [1.29, 1.82) is 0 Å². The highest BCUT2D eigenvalue weighted by molar-refractivity contribution is 7.03. The summed E-state index contributed by atoms with van der Waals surface area (Å²) in [6.07, 6.45) is 0. The van der Waals surface area contributed by atoms with Crippen molar-refractivity contribution < 1.29 is 4.79 Å². The number of aromatic nitrogens is 2. The summed E-state index contributed by atoms with van der Waals surface area (Å²) in [4.78, 5) is 40.6. The van der Waals surface area contributed by atoms with Crippen molar-refractivity contribution in [3.8, 4) is 0 Å². The van der Waals surface area contributed by atoms with Gasteiger partial charge in [-0.2, -0.15) is 0 Å². The Labute approximate surface area is 156 Å². The van der Waals surface area contributed by atoms with Gasteiger partial charge in [0.2, 0.25) is 0 Å². The van der Waals surface area contributed by atoms with E-state index in [0.29, 0.717) is 12.1 Å². The SMILES string of the molecule is CCN1CCN(C(=O)c2ccc(Cn3c(=O)sn(CC)c3=O)cc2)CC1. The average Bonchev–Trinajstić information content (AvgIpc) is 2.95. The topological polar surface area (TPSA) is 67.5 Å². The van der Waals surface area contributed by atoms with Gasteiger partial charge in [-0.15, -0.1) is 0 Å². The van der Waals surface area contributed by atoms with Crippen LogP contribution >= 0.6 is 11.5 Å². The van der Waals surface area contributed by atoms with E-state index in [-0.39, 0.29) is 23.0 Å². The van der Waals surface area contributed by atoms with Gasteiger partial charge in [0, 0.05) is 49.8 Å². The molecule has 0 radical (unpaired) electrons. The molecule has 1 aliphatic heterocycles. The van der Waals surface area contributed by atoms with Gasteiger partial charge in [-0.1, -0.05) is 19.1 Å². The summed E-state index contributed by atoms with van der Waals surface area (Å²) in [6.45, 7) is 9.00. The Hall–Kier alpha value is -2.19. The number of amides is 1. The number of nitrogens with zero attached hydrogens (tertiary/aromatic N) is 4. The molecule has 26 heavy (non-hydrogen) atoms. The Morgan fingerprint density at radius 2 is 1.65 bits per heavy atom. The van der Waals surface area contributed by atoms with Gasteiger partial charge in [0.1, 0.15) is 0 Å². The van der Waals surface area contributed by atoms with Crippen LogP contribution in [0.1, 0.15) is 29.8 Å². The van der Waals surface area contributed by atoms with Gasteiger partial charge in [0.15, 0.2) is 0 Å². The smallest absolute Gasteiger partial charge is 0.336 e. The first-order valence-electron chi connectivity index (χ1n) is 8.95. The van der Waals surface area contributed by atoms with E-state index in [0.717, 1.165) is 49.8 Å². The van der Waals surface area contributed by atoms with E-state index in [1.807, 2.05) is 24.0 Å². The predicted octanol–water partition coefficient (Wildman–Crippen LogP) is 0.917. The van der Waals surface area contributed by atoms with E-state index in [1.165, 1.54) is 8.52 Å². The van der Waals surface area contributed by atoms with Crippen LogP contribution in [-0.2, 0) is 13.1 Å². The first kappa shape index (κ1) is 18.6. The third-order valence-corrected chi connectivity index (χ3v) is 5.80. The van der Waals surface area contributed by atoms with Crippen LogP contribution in [0.4, 0.5) is 0 Å². The molecule has 3 rings (SSSR count). The zero-order chi connectivity index (χ0) is 18.7. The zero-order valence-electron chi connectivity index (χ0n) is 15.2. The fraction of sp³-hybridized carbons (Fsp3) is 0.500. The standard InChI is InChI=1S/C18H24N4O3S/c1-3-19-9-11-20(12-10-19)16(23)15-7-5-14(6-8-15)13-21-17(24)22(4-2)26-18(21)25/h5-8H,3-4,9-13H2,1-2H3. The Morgan fingerprint density at radius 1 is 1.00 bits per heavy atom. The van der Waals surface area contributed by atoms with Crippen LogP contribution in [0.25, 0.3) is 0 Å². The first-order valence-corrected chi connectivity index (χ1v) is 9.72. The number of aryl methyl sites for hydroxylation is 1. The van der Waals surface area contributed by atoms with Gasteiger partial charge < -0.3 is 9.80 Å². The van der Waals surface area contributed by atoms with E-state index >= 15 is 0 Å². The maximum atomic E-state index is 12.6. The lowest BCUT2D eigenvalue weighted by molar-refractivity contribution is 0.0643. The molecule has 8 heteroatoms. The first-order chi connectivity index (χ1) is 12.5. The second-order valence-corrected chi connectivity index (χ2v) is 7.32. The number of likely N-dealkylation sites (N-methyl/N-ethyl adjacent to an activating group) is 1. The molecular weight excluding hydrogens is 352 g/mol. The molecule has 1 aromatic carbocycles. The maximum absolute atomic E-state index is 12.6. The number of benzene rings is 1. The predicted molar refractivity (Wildman–Crippen MR) is 102 cm³/mol. The van der Waals surface area contributed by atoms with Gasteiger partial charge in [0.25, 0.3) is 5.91 Å². The Morgan fingerprint density at radius 3 is 2.19 bits per heavy atom. The van der Waals surface area contributed by atoms with E-state index in [2.05, 4.69) is 11.8 Å². The molecule has 1 aliphatic rings. The van der Waals surface area contributed by atoms with Crippen LogP contribution in [0.15, 0.2) is 33.9 Å². The molecule has 2 heterocycles. The molecule has 1 saturated heterocycles. The largest absolute Gasteiger partial charge is 0.341 e. The molecule has 0 saturated carbocycles. The molecule has 0 spiro atoms. The maximum Gasteiger partial charge on any atom is 0.341 e. The average molecular weight is 376 g/mol. The van der Waals surface area contributed by atoms with Crippen molar-refractivity contribution >= 4 is 17.4 Å². The summed E-state index contributed by atoms with van der Waals surface area (Å²) >= 11 is 0.936. The fourth-order valence-corrected chi connectivity index (χ4v) is 3.85. The molecule has 0 aliphatic carbocycles. The highest BCUT2D eigenvalue weighted by Crippen LogP contribution is 2.11. The van der Waals surface area contributed by atoms with Crippen LogP contribution in [0.3, 0.4) is 0 Å². The summed E-state index contributed by atoms with van der Waals surface area (Å²) in [7, 11) is 0. The molecule has 7 nitrogen and oxygen atoms in total. The summed E-state index contributed by atoms with van der Waals surface area (Å²) in [6, 6.07) is 7.18. The van der Waals surface area contributed by atoms with Crippen molar-refractivity contribution in [2.45, 2.75) is 26.9 Å². The van der Waals surface area contributed by atoms with Crippen molar-refractivity contribution in [3.63, 3.8) is 0 Å². The van der Waals surface area contributed by atoms with Gasteiger partial charge in [0.05, 0.1) is 6.54 Å². The second kappa shape index (κ2) is 8.01. The van der Waals surface area contributed by atoms with Crippen LogP contribution in [0, 0.1) is 0 Å². The Bertz CT molecular complexity index is 873.